The number of alkyl halides is 3. The van der Waals surface area contributed by atoms with Crippen molar-refractivity contribution in [2.24, 2.45) is 0 Å². The summed E-state index contributed by atoms with van der Waals surface area (Å²) in [6, 6.07) is 2.64. The molecule has 0 aliphatic heterocycles. The highest BCUT2D eigenvalue weighted by atomic mass is 19.4. The Morgan fingerprint density at radius 3 is 2.71 bits per heavy atom. The average Bonchev–Trinajstić information content (AvgIpc) is 3.21. The fourth-order valence-electron chi connectivity index (χ4n) is 1.78. The summed E-state index contributed by atoms with van der Waals surface area (Å²) < 4.78 is 45.9. The number of aromatic nitrogens is 1. The molecule has 0 atom stereocenters. The minimum absolute atomic E-state index is 0.160. The van der Waals surface area contributed by atoms with Crippen LogP contribution in [-0.2, 0) is 4.74 Å². The molecule has 0 spiro atoms. The third-order valence-corrected chi connectivity index (χ3v) is 2.82. The van der Waals surface area contributed by atoms with E-state index in [2.05, 4.69) is 9.72 Å². The minimum Gasteiger partial charge on any atom is -0.468 e. The molecule has 1 heterocycles. The molecule has 7 heteroatoms. The van der Waals surface area contributed by atoms with Gasteiger partial charge < -0.3 is 9.47 Å². The normalized spacial score (nSPS) is 14.3. The van der Waals surface area contributed by atoms with Gasteiger partial charge in [0.25, 0.3) is 0 Å². The lowest BCUT2D eigenvalue weighted by Gasteiger charge is -2.09. The molecule has 1 aromatic rings. The molecule has 1 radical (unpaired) electrons. The predicted octanol–water partition coefficient (Wildman–Crippen LogP) is 2.84. The lowest BCUT2D eigenvalue weighted by atomic mass is 10.1. The number of halogens is 3. The third kappa shape index (κ3) is 4.29. The number of pyridine rings is 1. The van der Waals surface area contributed by atoms with Gasteiger partial charge in [-0.3, -0.25) is 4.79 Å². The van der Waals surface area contributed by atoms with Crippen molar-refractivity contribution in [3.8, 4) is 5.88 Å². The molecule has 0 unspecified atom stereocenters. The fraction of sp³-hybridized carbons (Fsp3) is 0.357. The molecule has 21 heavy (non-hydrogen) atoms. The molecule has 1 aromatic heterocycles. The highest BCUT2D eigenvalue weighted by molar-refractivity contribution is 5.97. The Morgan fingerprint density at radius 1 is 1.33 bits per heavy atom. The molecular weight excluding hydrogens is 287 g/mol. The Labute approximate surface area is 119 Å². The van der Waals surface area contributed by atoms with Gasteiger partial charge in [0.2, 0.25) is 5.88 Å². The van der Waals surface area contributed by atoms with Crippen LogP contribution in [0.2, 0.25) is 0 Å². The molecule has 113 valence electrons. The molecule has 0 bridgehead atoms. The first-order valence-electron chi connectivity index (χ1n) is 6.17. The van der Waals surface area contributed by atoms with E-state index in [4.69, 9.17) is 4.74 Å². The highest BCUT2D eigenvalue weighted by Gasteiger charge is 2.30. The second-order valence-electron chi connectivity index (χ2n) is 4.44. The summed E-state index contributed by atoms with van der Waals surface area (Å²) >= 11 is 0. The summed E-state index contributed by atoms with van der Waals surface area (Å²) in [5.74, 6) is -0.160. The number of carbonyl (C=O) groups excluding carboxylic acids is 1. The maximum Gasteiger partial charge on any atom is 0.422 e. The zero-order chi connectivity index (χ0) is 15.5. The van der Waals surface area contributed by atoms with Crippen LogP contribution in [0.15, 0.2) is 17.7 Å². The van der Waals surface area contributed by atoms with Gasteiger partial charge in [-0.2, -0.15) is 13.2 Å². The molecule has 0 amide bonds. The van der Waals surface area contributed by atoms with E-state index < -0.39 is 12.8 Å². The van der Waals surface area contributed by atoms with Crippen molar-refractivity contribution in [2.75, 3.05) is 20.3 Å². The van der Waals surface area contributed by atoms with Crippen LogP contribution in [0, 0.1) is 6.42 Å². The molecule has 1 aliphatic rings. The predicted molar refractivity (Wildman–Crippen MR) is 68.9 cm³/mol. The van der Waals surface area contributed by atoms with Crippen molar-refractivity contribution in [2.45, 2.75) is 12.6 Å². The molecule has 0 fully saturated rings. The van der Waals surface area contributed by atoms with Crippen LogP contribution < -0.4 is 4.74 Å². The quantitative estimate of drug-likeness (QED) is 0.727. The van der Waals surface area contributed by atoms with E-state index in [1.807, 2.05) is 6.42 Å². The van der Waals surface area contributed by atoms with E-state index >= 15 is 0 Å². The van der Waals surface area contributed by atoms with Gasteiger partial charge in [-0.05, 0) is 18.1 Å². The number of allylic oxidation sites excluding steroid dienone is 1. The Kier molecular flexibility index (Phi) is 4.62. The molecule has 2 rings (SSSR count). The van der Waals surface area contributed by atoms with Gasteiger partial charge in [0.05, 0.1) is 5.69 Å². The second kappa shape index (κ2) is 6.26. The van der Waals surface area contributed by atoms with Crippen molar-refractivity contribution >= 4 is 11.9 Å². The number of aldehydes is 1. The smallest absolute Gasteiger partial charge is 0.422 e. The van der Waals surface area contributed by atoms with Gasteiger partial charge in [-0.1, -0.05) is 5.57 Å². The number of nitrogens with zero attached hydrogens (tertiary/aromatic N) is 1. The Morgan fingerprint density at radius 2 is 2.10 bits per heavy atom. The van der Waals surface area contributed by atoms with E-state index in [0.717, 1.165) is 11.1 Å². The van der Waals surface area contributed by atoms with Gasteiger partial charge in [0.15, 0.2) is 12.9 Å². The largest absolute Gasteiger partial charge is 0.468 e. The molecule has 0 N–H and O–H groups in total. The van der Waals surface area contributed by atoms with Crippen molar-refractivity contribution < 1.29 is 27.4 Å². The highest BCUT2D eigenvalue weighted by Crippen LogP contribution is 2.41. The zero-order valence-electron chi connectivity index (χ0n) is 11.2. The van der Waals surface area contributed by atoms with Gasteiger partial charge in [0.1, 0.15) is 0 Å². The molecule has 0 aromatic carbocycles. The van der Waals surface area contributed by atoms with Crippen LogP contribution in [0.3, 0.4) is 0 Å². The van der Waals surface area contributed by atoms with Crippen molar-refractivity contribution in [3.05, 3.63) is 35.4 Å². The standard InChI is InChI=1S/C14H13F3NO3/c1-20-5-4-9-6-11(9)13-10(7-19)2-3-12(18-13)21-8-14(15,16)17/h2-3,6-7H,4-5,8H2,1H3. The van der Waals surface area contributed by atoms with Crippen molar-refractivity contribution in [3.63, 3.8) is 0 Å². The lowest BCUT2D eigenvalue weighted by molar-refractivity contribution is -0.154. The van der Waals surface area contributed by atoms with E-state index in [-0.39, 0.29) is 5.88 Å². The van der Waals surface area contributed by atoms with Crippen molar-refractivity contribution in [1.29, 1.82) is 0 Å². The maximum atomic E-state index is 12.1. The van der Waals surface area contributed by atoms with E-state index in [1.54, 1.807) is 7.11 Å². The number of hydrogen-bond donors (Lipinski definition) is 0. The number of hydrogen-bond acceptors (Lipinski definition) is 4. The van der Waals surface area contributed by atoms with Crippen LogP contribution >= 0.6 is 0 Å². The first kappa shape index (κ1) is 15.5. The summed E-state index contributed by atoms with van der Waals surface area (Å²) in [5, 5.41) is 0. The topological polar surface area (TPSA) is 48.4 Å². The third-order valence-electron chi connectivity index (χ3n) is 2.82. The molecule has 4 nitrogen and oxygen atoms in total. The Bertz CT molecular complexity index is 567. The minimum atomic E-state index is -4.43. The number of carbonyl (C=O) groups is 1. The van der Waals surface area contributed by atoms with Crippen LogP contribution in [0.5, 0.6) is 5.88 Å². The second-order valence-corrected chi connectivity index (χ2v) is 4.44. The van der Waals surface area contributed by atoms with Crippen LogP contribution in [-0.4, -0.2) is 37.8 Å². The van der Waals surface area contributed by atoms with E-state index in [0.29, 0.717) is 30.6 Å². The fourth-order valence-corrected chi connectivity index (χ4v) is 1.78. The molecule has 0 saturated carbocycles. The first-order valence-corrected chi connectivity index (χ1v) is 6.17. The van der Waals surface area contributed by atoms with E-state index in [9.17, 15) is 18.0 Å². The molecular formula is C14H13F3NO3. The summed E-state index contributed by atoms with van der Waals surface area (Å²) in [4.78, 5) is 15.0. The zero-order valence-corrected chi connectivity index (χ0v) is 11.2. The monoisotopic (exact) mass is 300 g/mol. The van der Waals surface area contributed by atoms with Crippen LogP contribution in [0.4, 0.5) is 13.2 Å². The maximum absolute atomic E-state index is 12.1. The van der Waals surface area contributed by atoms with Gasteiger partial charge in [-0.25, -0.2) is 4.98 Å². The Balaban J connectivity index is 2.16. The lowest BCUT2D eigenvalue weighted by Crippen LogP contribution is -2.19. The van der Waals surface area contributed by atoms with Crippen molar-refractivity contribution in [1.82, 2.24) is 4.98 Å². The molecule has 1 aliphatic carbocycles. The van der Waals surface area contributed by atoms with Gasteiger partial charge in [0, 0.05) is 31.8 Å². The summed E-state index contributed by atoms with van der Waals surface area (Å²) in [7, 11) is 1.57. The Hall–Kier alpha value is -1.89. The average molecular weight is 300 g/mol. The van der Waals surface area contributed by atoms with Crippen LogP contribution in [0.25, 0.3) is 5.57 Å². The summed E-state index contributed by atoms with van der Waals surface area (Å²) in [5.41, 5.74) is 2.39. The number of rotatable bonds is 7. The van der Waals surface area contributed by atoms with Crippen LogP contribution in [0.1, 0.15) is 22.5 Å². The number of methoxy groups -OCH3 is 1. The first-order chi connectivity index (χ1) is 9.94. The SMILES string of the molecule is COCCC1=C(c2nc(OCC(F)(F)F)ccc2C=O)[CH]1. The molecule has 0 saturated heterocycles. The summed E-state index contributed by atoms with van der Waals surface area (Å²) in [6.07, 6.45) is -1.33. The van der Waals surface area contributed by atoms with Gasteiger partial charge >= 0.3 is 6.18 Å². The van der Waals surface area contributed by atoms with Gasteiger partial charge in [-0.15, -0.1) is 0 Å². The van der Waals surface area contributed by atoms with E-state index in [1.165, 1.54) is 12.1 Å². The summed E-state index contributed by atoms with van der Waals surface area (Å²) in [6.45, 7) is -0.894. The number of ether oxygens (including phenoxy) is 2.